The van der Waals surface area contributed by atoms with E-state index < -0.39 is 0 Å². The molecule has 0 aliphatic rings. The van der Waals surface area contributed by atoms with E-state index in [1.807, 2.05) is 26.8 Å². The average Bonchev–Trinajstić information content (AvgIpc) is 2.75. The zero-order valence-corrected chi connectivity index (χ0v) is 17.9. The van der Waals surface area contributed by atoms with Crippen molar-refractivity contribution in [1.82, 2.24) is 19.5 Å². The first-order chi connectivity index (χ1) is 14.8. The molecule has 154 valence electrons. The van der Waals surface area contributed by atoms with Crippen LogP contribution < -0.4 is 11.0 Å². The maximum absolute atomic E-state index is 12.5. The molecule has 4 rings (SSSR count). The molecule has 0 spiro atoms. The fourth-order valence-corrected chi connectivity index (χ4v) is 3.68. The Morgan fingerprint density at radius 1 is 1.16 bits per heavy atom. The smallest absolute Gasteiger partial charge is 0.269 e. The topological polar surface area (TPSA) is 104 Å². The van der Waals surface area contributed by atoms with Gasteiger partial charge in [0.25, 0.3) is 5.56 Å². The standard InChI is InChI=1S/C23H18ClN5O2/c1-12(2)29-11-15(9-17(24)23(29)31)19-20(16-6-4-5-14(10-25)13(16)3)28-22-21(27-19)18(30)7-8-26-22/h4-9,11-12H,1-3H3,(H,26,28,30). The maximum atomic E-state index is 12.5. The third-order valence-corrected chi connectivity index (χ3v) is 5.39. The predicted molar refractivity (Wildman–Crippen MR) is 120 cm³/mol. The zero-order valence-electron chi connectivity index (χ0n) is 17.1. The van der Waals surface area contributed by atoms with Gasteiger partial charge in [0.05, 0.1) is 23.0 Å². The highest BCUT2D eigenvalue weighted by Crippen LogP contribution is 2.33. The average molecular weight is 432 g/mol. The number of halogens is 1. The van der Waals surface area contributed by atoms with Crippen LogP contribution in [-0.2, 0) is 0 Å². The zero-order chi connectivity index (χ0) is 22.3. The van der Waals surface area contributed by atoms with Crippen LogP contribution in [0.4, 0.5) is 0 Å². The van der Waals surface area contributed by atoms with Crippen LogP contribution in [0, 0.1) is 18.3 Å². The Morgan fingerprint density at radius 3 is 2.65 bits per heavy atom. The van der Waals surface area contributed by atoms with Gasteiger partial charge in [0.2, 0.25) is 5.43 Å². The van der Waals surface area contributed by atoms with Gasteiger partial charge in [0.15, 0.2) is 11.2 Å². The molecule has 1 aromatic carbocycles. The third kappa shape index (κ3) is 3.51. The lowest BCUT2D eigenvalue weighted by molar-refractivity contribution is 0.579. The van der Waals surface area contributed by atoms with Crippen LogP contribution in [0.15, 0.2) is 52.3 Å². The number of fused-ring (bicyclic) bond motifs is 1. The molecule has 0 saturated carbocycles. The molecule has 7 nitrogen and oxygen atoms in total. The number of pyridine rings is 2. The molecule has 0 unspecified atom stereocenters. The van der Waals surface area contributed by atoms with E-state index in [1.165, 1.54) is 22.9 Å². The van der Waals surface area contributed by atoms with E-state index in [4.69, 9.17) is 11.6 Å². The van der Waals surface area contributed by atoms with Gasteiger partial charge >= 0.3 is 0 Å². The van der Waals surface area contributed by atoms with E-state index in [0.29, 0.717) is 33.7 Å². The van der Waals surface area contributed by atoms with Gasteiger partial charge in [-0.25, -0.2) is 9.97 Å². The van der Waals surface area contributed by atoms with Crippen molar-refractivity contribution in [2.24, 2.45) is 0 Å². The second-order valence-corrected chi connectivity index (χ2v) is 7.84. The van der Waals surface area contributed by atoms with E-state index in [1.54, 1.807) is 18.3 Å². The molecule has 0 saturated heterocycles. The Kier molecular flexibility index (Phi) is 5.17. The molecule has 3 aromatic heterocycles. The number of hydrogen-bond donors (Lipinski definition) is 1. The summed E-state index contributed by atoms with van der Waals surface area (Å²) in [5.41, 5.74) is 3.30. The predicted octanol–water partition coefficient (Wildman–Crippen LogP) is 4.23. The summed E-state index contributed by atoms with van der Waals surface area (Å²) in [4.78, 5) is 37.2. The van der Waals surface area contributed by atoms with Crippen molar-refractivity contribution in [2.45, 2.75) is 26.8 Å². The number of hydrogen-bond acceptors (Lipinski definition) is 5. The van der Waals surface area contributed by atoms with Gasteiger partial charge in [0, 0.05) is 35.6 Å². The van der Waals surface area contributed by atoms with Gasteiger partial charge in [-0.2, -0.15) is 5.26 Å². The molecular formula is C23H18ClN5O2. The normalized spacial score (nSPS) is 11.1. The summed E-state index contributed by atoms with van der Waals surface area (Å²) in [5, 5.41) is 9.50. The molecule has 3 heterocycles. The van der Waals surface area contributed by atoms with Gasteiger partial charge in [-0.15, -0.1) is 0 Å². The summed E-state index contributed by atoms with van der Waals surface area (Å²) in [6.07, 6.45) is 3.18. The number of nitrogens with one attached hydrogen (secondary N) is 1. The molecule has 0 aliphatic heterocycles. The van der Waals surface area contributed by atoms with Crippen molar-refractivity contribution in [1.29, 1.82) is 5.26 Å². The van der Waals surface area contributed by atoms with Crippen LogP contribution in [0.3, 0.4) is 0 Å². The molecule has 8 heteroatoms. The molecule has 0 bridgehead atoms. The Balaban J connectivity index is 2.14. The monoisotopic (exact) mass is 431 g/mol. The van der Waals surface area contributed by atoms with Crippen LogP contribution in [-0.4, -0.2) is 19.5 Å². The molecule has 1 N–H and O–H groups in total. The number of H-pyrrole nitrogens is 1. The second kappa shape index (κ2) is 7.82. The quantitative estimate of drug-likeness (QED) is 0.522. The van der Waals surface area contributed by atoms with Crippen molar-refractivity contribution in [3.8, 4) is 28.6 Å². The van der Waals surface area contributed by atoms with E-state index in [-0.39, 0.29) is 27.6 Å². The number of aromatic amines is 1. The first-order valence-electron chi connectivity index (χ1n) is 9.63. The highest BCUT2D eigenvalue weighted by Gasteiger charge is 2.19. The molecule has 4 aromatic rings. The molecule has 0 atom stereocenters. The van der Waals surface area contributed by atoms with E-state index in [9.17, 15) is 14.9 Å². The van der Waals surface area contributed by atoms with Gasteiger partial charge in [0.1, 0.15) is 5.02 Å². The minimum absolute atomic E-state index is 0.0449. The van der Waals surface area contributed by atoms with Crippen LogP contribution in [0.5, 0.6) is 0 Å². The van der Waals surface area contributed by atoms with Crippen LogP contribution >= 0.6 is 11.6 Å². The van der Waals surface area contributed by atoms with Gasteiger partial charge < -0.3 is 9.55 Å². The minimum atomic E-state index is -0.309. The first kappa shape index (κ1) is 20.5. The Labute approximate surface area is 182 Å². The highest BCUT2D eigenvalue weighted by molar-refractivity contribution is 6.30. The van der Waals surface area contributed by atoms with Crippen molar-refractivity contribution in [2.75, 3.05) is 0 Å². The van der Waals surface area contributed by atoms with Gasteiger partial charge in [-0.05, 0) is 38.5 Å². The summed E-state index contributed by atoms with van der Waals surface area (Å²) in [5.74, 6) is 0. The molecule has 0 amide bonds. The van der Waals surface area contributed by atoms with E-state index >= 15 is 0 Å². The maximum Gasteiger partial charge on any atom is 0.269 e. The SMILES string of the molecule is Cc1c(C#N)cccc1-c1nc2[nH]ccc(=O)c2nc1-c1cc(Cl)c(=O)n(C(C)C)c1. The van der Waals surface area contributed by atoms with Crippen LogP contribution in [0.25, 0.3) is 33.7 Å². The van der Waals surface area contributed by atoms with Crippen molar-refractivity contribution in [3.05, 3.63) is 79.5 Å². The Morgan fingerprint density at radius 2 is 1.94 bits per heavy atom. The minimum Gasteiger partial charge on any atom is -0.345 e. The third-order valence-electron chi connectivity index (χ3n) is 5.12. The number of aromatic nitrogens is 4. The van der Waals surface area contributed by atoms with Crippen molar-refractivity contribution < 1.29 is 0 Å². The van der Waals surface area contributed by atoms with Crippen LogP contribution in [0.2, 0.25) is 5.02 Å². The summed E-state index contributed by atoms with van der Waals surface area (Å²) < 4.78 is 1.51. The molecule has 0 radical (unpaired) electrons. The fourth-order valence-electron chi connectivity index (χ4n) is 3.47. The molecule has 0 aliphatic carbocycles. The largest absolute Gasteiger partial charge is 0.345 e. The van der Waals surface area contributed by atoms with Crippen molar-refractivity contribution >= 4 is 22.8 Å². The van der Waals surface area contributed by atoms with Gasteiger partial charge in [-0.3, -0.25) is 9.59 Å². The Bertz CT molecular complexity index is 1500. The summed E-state index contributed by atoms with van der Waals surface area (Å²) in [6, 6.07) is 10.3. The van der Waals surface area contributed by atoms with Gasteiger partial charge in [-0.1, -0.05) is 23.7 Å². The lowest BCUT2D eigenvalue weighted by atomic mass is 9.97. The number of benzene rings is 1. The summed E-state index contributed by atoms with van der Waals surface area (Å²) in [6.45, 7) is 5.58. The second-order valence-electron chi connectivity index (χ2n) is 7.43. The first-order valence-corrected chi connectivity index (χ1v) is 10.0. The number of rotatable bonds is 3. The number of nitriles is 1. The fraction of sp³-hybridized carbons (Fsp3) is 0.174. The molecular weight excluding hydrogens is 414 g/mol. The lowest BCUT2D eigenvalue weighted by Crippen LogP contribution is -2.22. The molecule has 31 heavy (non-hydrogen) atoms. The van der Waals surface area contributed by atoms with Crippen LogP contribution in [0.1, 0.15) is 31.0 Å². The number of nitrogens with zero attached hydrogens (tertiary/aromatic N) is 4. The summed E-state index contributed by atoms with van der Waals surface area (Å²) >= 11 is 6.25. The van der Waals surface area contributed by atoms with Crippen molar-refractivity contribution in [3.63, 3.8) is 0 Å². The summed E-state index contributed by atoms with van der Waals surface area (Å²) in [7, 11) is 0. The van der Waals surface area contributed by atoms with E-state index in [2.05, 4.69) is 21.0 Å². The molecule has 0 fully saturated rings. The highest BCUT2D eigenvalue weighted by atomic mass is 35.5. The lowest BCUT2D eigenvalue weighted by Gasteiger charge is -2.16. The Hall–Kier alpha value is -3.76. The van der Waals surface area contributed by atoms with E-state index in [0.717, 1.165) is 5.56 Å².